The second-order valence-corrected chi connectivity index (χ2v) is 3.76. The lowest BCUT2D eigenvalue weighted by atomic mass is 10.3. The highest BCUT2D eigenvalue weighted by Gasteiger charge is 2.09. The number of ether oxygens (including phenoxy) is 2. The van der Waals surface area contributed by atoms with Gasteiger partial charge in [-0.25, -0.2) is 4.39 Å². The van der Waals surface area contributed by atoms with Gasteiger partial charge >= 0.3 is 0 Å². The third kappa shape index (κ3) is 3.47. The summed E-state index contributed by atoms with van der Waals surface area (Å²) in [5, 5.41) is 0. The van der Waals surface area contributed by atoms with Crippen molar-refractivity contribution in [2.75, 3.05) is 39.5 Å². The summed E-state index contributed by atoms with van der Waals surface area (Å²) >= 11 is 0. The summed E-state index contributed by atoms with van der Waals surface area (Å²) in [6.07, 6.45) is 0. The molecule has 1 aromatic rings. The molecule has 1 aromatic carbocycles. The Morgan fingerprint density at radius 1 is 1.31 bits per heavy atom. The van der Waals surface area contributed by atoms with Crippen LogP contribution in [0.4, 0.5) is 4.39 Å². The first kappa shape index (κ1) is 11.4. The molecule has 0 amide bonds. The van der Waals surface area contributed by atoms with Crippen LogP contribution in [0.5, 0.6) is 5.75 Å². The van der Waals surface area contributed by atoms with E-state index in [1.807, 2.05) is 0 Å². The summed E-state index contributed by atoms with van der Waals surface area (Å²) in [7, 11) is 0. The van der Waals surface area contributed by atoms with Crippen molar-refractivity contribution in [1.82, 2.24) is 4.90 Å². The largest absolute Gasteiger partial charge is 0.492 e. The predicted molar refractivity (Wildman–Crippen MR) is 59.2 cm³/mol. The smallest absolute Gasteiger partial charge is 0.126 e. The lowest BCUT2D eigenvalue weighted by Gasteiger charge is -2.26. The van der Waals surface area contributed by atoms with Crippen LogP contribution in [-0.4, -0.2) is 44.4 Å². The van der Waals surface area contributed by atoms with Crippen molar-refractivity contribution in [3.63, 3.8) is 0 Å². The molecule has 0 saturated carbocycles. The minimum absolute atomic E-state index is 0.260. The molecule has 1 heterocycles. The fraction of sp³-hybridized carbons (Fsp3) is 0.500. The highest BCUT2D eigenvalue weighted by Crippen LogP contribution is 2.11. The molecule has 4 heteroatoms. The third-order valence-corrected chi connectivity index (χ3v) is 2.58. The van der Waals surface area contributed by atoms with Gasteiger partial charge in [0.25, 0.3) is 0 Å². The number of hydrogen-bond acceptors (Lipinski definition) is 3. The molecule has 0 N–H and O–H groups in total. The molecule has 0 atom stereocenters. The van der Waals surface area contributed by atoms with Crippen LogP contribution >= 0.6 is 0 Å². The fourth-order valence-electron chi connectivity index (χ4n) is 1.67. The van der Waals surface area contributed by atoms with E-state index >= 15 is 0 Å². The zero-order valence-corrected chi connectivity index (χ0v) is 9.19. The maximum absolute atomic E-state index is 12.8. The molecule has 0 radical (unpaired) electrons. The Labute approximate surface area is 94.8 Å². The van der Waals surface area contributed by atoms with Crippen molar-refractivity contribution in [2.24, 2.45) is 0 Å². The zero-order chi connectivity index (χ0) is 11.2. The Balaban J connectivity index is 1.71. The van der Waals surface area contributed by atoms with Crippen molar-refractivity contribution >= 4 is 0 Å². The molecule has 0 aromatic heterocycles. The summed E-state index contributed by atoms with van der Waals surface area (Å²) < 4.78 is 23.6. The molecule has 0 aliphatic carbocycles. The molecule has 0 bridgehead atoms. The quantitative estimate of drug-likeness (QED) is 0.775. The lowest BCUT2D eigenvalue weighted by Crippen LogP contribution is -2.38. The average molecular weight is 225 g/mol. The maximum atomic E-state index is 12.8. The SMILES string of the molecule is Fc1cccc(OCCN2CCOCC2)c1. The number of benzene rings is 1. The maximum Gasteiger partial charge on any atom is 0.126 e. The molecule has 0 spiro atoms. The minimum atomic E-state index is -0.260. The summed E-state index contributed by atoms with van der Waals surface area (Å²) in [5.41, 5.74) is 0. The summed E-state index contributed by atoms with van der Waals surface area (Å²) in [6, 6.07) is 6.23. The van der Waals surface area contributed by atoms with E-state index < -0.39 is 0 Å². The van der Waals surface area contributed by atoms with E-state index in [1.165, 1.54) is 12.1 Å². The van der Waals surface area contributed by atoms with Crippen molar-refractivity contribution in [2.45, 2.75) is 0 Å². The van der Waals surface area contributed by atoms with Gasteiger partial charge in [0, 0.05) is 25.7 Å². The van der Waals surface area contributed by atoms with Gasteiger partial charge in [0.2, 0.25) is 0 Å². The summed E-state index contributed by atoms with van der Waals surface area (Å²) in [4.78, 5) is 2.28. The zero-order valence-electron chi connectivity index (χ0n) is 9.19. The molecular weight excluding hydrogens is 209 g/mol. The molecular formula is C12H16FNO2. The van der Waals surface area contributed by atoms with Crippen LogP contribution in [0.15, 0.2) is 24.3 Å². The monoisotopic (exact) mass is 225 g/mol. The second-order valence-electron chi connectivity index (χ2n) is 3.76. The van der Waals surface area contributed by atoms with E-state index in [9.17, 15) is 4.39 Å². The Morgan fingerprint density at radius 3 is 2.88 bits per heavy atom. The Hall–Kier alpha value is -1.13. The highest BCUT2D eigenvalue weighted by molar-refractivity contribution is 5.22. The average Bonchev–Trinajstić information content (AvgIpc) is 2.30. The molecule has 1 saturated heterocycles. The van der Waals surface area contributed by atoms with Crippen LogP contribution in [0.25, 0.3) is 0 Å². The van der Waals surface area contributed by atoms with E-state index in [0.717, 1.165) is 32.8 Å². The van der Waals surface area contributed by atoms with Gasteiger partial charge in [0.05, 0.1) is 13.2 Å². The normalized spacial score (nSPS) is 17.3. The number of nitrogens with zero attached hydrogens (tertiary/aromatic N) is 1. The summed E-state index contributed by atoms with van der Waals surface area (Å²) in [5.74, 6) is 0.331. The number of rotatable bonds is 4. The van der Waals surface area contributed by atoms with Crippen LogP contribution in [0.3, 0.4) is 0 Å². The second kappa shape index (κ2) is 5.82. The molecule has 16 heavy (non-hydrogen) atoms. The third-order valence-electron chi connectivity index (χ3n) is 2.58. The van der Waals surface area contributed by atoms with Crippen LogP contribution in [-0.2, 0) is 4.74 Å². The molecule has 1 fully saturated rings. The van der Waals surface area contributed by atoms with Crippen molar-refractivity contribution in [3.8, 4) is 5.75 Å². The lowest BCUT2D eigenvalue weighted by molar-refractivity contribution is 0.0322. The first-order chi connectivity index (χ1) is 7.84. The van der Waals surface area contributed by atoms with E-state index in [1.54, 1.807) is 12.1 Å². The van der Waals surface area contributed by atoms with Gasteiger partial charge in [0.1, 0.15) is 18.2 Å². The molecule has 1 aliphatic heterocycles. The van der Waals surface area contributed by atoms with Crippen LogP contribution < -0.4 is 4.74 Å². The Morgan fingerprint density at radius 2 is 2.12 bits per heavy atom. The number of hydrogen-bond donors (Lipinski definition) is 0. The topological polar surface area (TPSA) is 21.7 Å². The minimum Gasteiger partial charge on any atom is -0.492 e. The fourth-order valence-corrected chi connectivity index (χ4v) is 1.67. The molecule has 88 valence electrons. The van der Waals surface area contributed by atoms with E-state index in [-0.39, 0.29) is 5.82 Å². The molecule has 2 rings (SSSR count). The highest BCUT2D eigenvalue weighted by atomic mass is 19.1. The Bertz CT molecular complexity index is 327. The van der Waals surface area contributed by atoms with Crippen LogP contribution in [0, 0.1) is 5.82 Å². The standard InChI is InChI=1S/C12H16FNO2/c13-11-2-1-3-12(10-11)16-9-6-14-4-7-15-8-5-14/h1-3,10H,4-9H2. The van der Waals surface area contributed by atoms with Gasteiger partial charge in [-0.15, -0.1) is 0 Å². The van der Waals surface area contributed by atoms with Crippen molar-refractivity contribution in [3.05, 3.63) is 30.1 Å². The van der Waals surface area contributed by atoms with Gasteiger partial charge in [-0.05, 0) is 12.1 Å². The van der Waals surface area contributed by atoms with Crippen molar-refractivity contribution in [1.29, 1.82) is 0 Å². The van der Waals surface area contributed by atoms with E-state index in [2.05, 4.69) is 4.90 Å². The predicted octanol–water partition coefficient (Wildman–Crippen LogP) is 1.54. The Kier molecular flexibility index (Phi) is 4.13. The first-order valence-corrected chi connectivity index (χ1v) is 5.53. The van der Waals surface area contributed by atoms with Gasteiger partial charge in [-0.2, -0.15) is 0 Å². The first-order valence-electron chi connectivity index (χ1n) is 5.53. The van der Waals surface area contributed by atoms with Gasteiger partial charge in [-0.1, -0.05) is 6.07 Å². The molecule has 0 unspecified atom stereocenters. The molecule has 1 aliphatic rings. The summed E-state index contributed by atoms with van der Waals surface area (Å²) in [6.45, 7) is 4.93. The van der Waals surface area contributed by atoms with Gasteiger partial charge in [0.15, 0.2) is 0 Å². The molecule has 3 nitrogen and oxygen atoms in total. The van der Waals surface area contributed by atoms with Gasteiger partial charge < -0.3 is 9.47 Å². The van der Waals surface area contributed by atoms with Crippen LogP contribution in [0.1, 0.15) is 0 Å². The van der Waals surface area contributed by atoms with E-state index in [4.69, 9.17) is 9.47 Å². The number of morpholine rings is 1. The van der Waals surface area contributed by atoms with Gasteiger partial charge in [-0.3, -0.25) is 4.90 Å². The van der Waals surface area contributed by atoms with Crippen LogP contribution in [0.2, 0.25) is 0 Å². The van der Waals surface area contributed by atoms with E-state index in [0.29, 0.717) is 12.4 Å². The van der Waals surface area contributed by atoms with Crippen molar-refractivity contribution < 1.29 is 13.9 Å². The number of halogens is 1.